The van der Waals surface area contributed by atoms with Gasteiger partial charge in [0, 0.05) is 13.1 Å². The molecule has 5 nitrogen and oxygen atoms in total. The third-order valence-corrected chi connectivity index (χ3v) is 3.72. The molecule has 1 amide bonds. The summed E-state index contributed by atoms with van der Waals surface area (Å²) < 4.78 is 5.38. The number of aryl methyl sites for hydroxylation is 2. The van der Waals surface area contributed by atoms with Crippen LogP contribution in [0.3, 0.4) is 0 Å². The summed E-state index contributed by atoms with van der Waals surface area (Å²) in [5, 5.41) is 2.85. The average molecular weight is 285 g/mol. The first-order valence-corrected chi connectivity index (χ1v) is 7.23. The number of anilines is 2. The molecule has 0 radical (unpaired) electrons. The first kappa shape index (κ1) is 13.7. The van der Waals surface area contributed by atoms with Crippen molar-refractivity contribution in [3.8, 4) is 0 Å². The maximum absolute atomic E-state index is 12.2. The SMILES string of the molecule is Cc1cc(C(=O)Nc2ccc(N3CCCC3)nc2)c(C)o1. The van der Waals surface area contributed by atoms with Crippen LogP contribution in [0.15, 0.2) is 28.8 Å². The van der Waals surface area contributed by atoms with Crippen LogP contribution in [0.25, 0.3) is 0 Å². The van der Waals surface area contributed by atoms with Crippen molar-refractivity contribution in [2.75, 3.05) is 23.3 Å². The molecule has 1 aliphatic rings. The van der Waals surface area contributed by atoms with Gasteiger partial charge in [-0.3, -0.25) is 4.79 Å². The van der Waals surface area contributed by atoms with Gasteiger partial charge in [0.15, 0.2) is 0 Å². The summed E-state index contributed by atoms with van der Waals surface area (Å²) >= 11 is 0. The van der Waals surface area contributed by atoms with Gasteiger partial charge >= 0.3 is 0 Å². The van der Waals surface area contributed by atoms with Gasteiger partial charge in [-0.05, 0) is 44.9 Å². The summed E-state index contributed by atoms with van der Waals surface area (Å²) in [6, 6.07) is 5.59. The monoisotopic (exact) mass is 285 g/mol. The Bertz CT molecular complexity index is 640. The number of pyridine rings is 1. The maximum atomic E-state index is 12.2. The van der Waals surface area contributed by atoms with Crippen molar-refractivity contribution in [3.63, 3.8) is 0 Å². The molecule has 1 N–H and O–H groups in total. The van der Waals surface area contributed by atoms with Crippen LogP contribution in [-0.4, -0.2) is 24.0 Å². The highest BCUT2D eigenvalue weighted by atomic mass is 16.3. The third kappa shape index (κ3) is 2.91. The molecule has 0 unspecified atom stereocenters. The lowest BCUT2D eigenvalue weighted by Crippen LogP contribution is -2.19. The van der Waals surface area contributed by atoms with Crippen LogP contribution in [0, 0.1) is 13.8 Å². The van der Waals surface area contributed by atoms with Crippen molar-refractivity contribution in [3.05, 3.63) is 41.5 Å². The minimum Gasteiger partial charge on any atom is -0.466 e. The Labute approximate surface area is 124 Å². The fourth-order valence-electron chi connectivity index (χ4n) is 2.65. The molecule has 1 aliphatic heterocycles. The van der Waals surface area contributed by atoms with E-state index < -0.39 is 0 Å². The van der Waals surface area contributed by atoms with E-state index in [-0.39, 0.29) is 5.91 Å². The molecular formula is C16H19N3O2. The summed E-state index contributed by atoms with van der Waals surface area (Å²) in [6.07, 6.45) is 4.15. The van der Waals surface area contributed by atoms with Crippen LogP contribution in [-0.2, 0) is 0 Å². The maximum Gasteiger partial charge on any atom is 0.259 e. The summed E-state index contributed by atoms with van der Waals surface area (Å²) in [7, 11) is 0. The molecule has 0 aliphatic carbocycles. The molecule has 3 heterocycles. The quantitative estimate of drug-likeness (QED) is 0.941. The Hall–Kier alpha value is -2.30. The van der Waals surface area contributed by atoms with E-state index in [1.807, 2.05) is 19.1 Å². The van der Waals surface area contributed by atoms with Crippen LogP contribution in [0.4, 0.5) is 11.5 Å². The Balaban J connectivity index is 1.70. The number of carbonyl (C=O) groups excluding carboxylic acids is 1. The van der Waals surface area contributed by atoms with Crippen molar-refractivity contribution >= 4 is 17.4 Å². The molecule has 0 aromatic carbocycles. The molecule has 110 valence electrons. The lowest BCUT2D eigenvalue weighted by atomic mass is 10.2. The molecule has 1 saturated heterocycles. The lowest BCUT2D eigenvalue weighted by Gasteiger charge is -2.16. The number of nitrogens with one attached hydrogen (secondary N) is 1. The molecule has 21 heavy (non-hydrogen) atoms. The third-order valence-electron chi connectivity index (χ3n) is 3.72. The average Bonchev–Trinajstić information content (AvgIpc) is 3.09. The zero-order valence-corrected chi connectivity index (χ0v) is 12.3. The summed E-state index contributed by atoms with van der Waals surface area (Å²) in [5.74, 6) is 2.17. The Morgan fingerprint density at radius 3 is 2.62 bits per heavy atom. The van der Waals surface area contributed by atoms with Crippen molar-refractivity contribution in [2.45, 2.75) is 26.7 Å². The van der Waals surface area contributed by atoms with Crippen LogP contribution >= 0.6 is 0 Å². The van der Waals surface area contributed by atoms with Gasteiger partial charge in [-0.2, -0.15) is 0 Å². The zero-order chi connectivity index (χ0) is 14.8. The number of carbonyl (C=O) groups is 1. The fraction of sp³-hybridized carbons (Fsp3) is 0.375. The number of hydrogen-bond acceptors (Lipinski definition) is 4. The van der Waals surface area contributed by atoms with Gasteiger partial charge in [0.1, 0.15) is 17.3 Å². The molecule has 2 aromatic rings. The van der Waals surface area contributed by atoms with Gasteiger partial charge in [0.05, 0.1) is 17.4 Å². The molecule has 2 aromatic heterocycles. The van der Waals surface area contributed by atoms with Crippen molar-refractivity contribution in [1.29, 1.82) is 0 Å². The second kappa shape index (κ2) is 5.60. The molecular weight excluding hydrogens is 266 g/mol. The van der Waals surface area contributed by atoms with Crippen molar-refractivity contribution < 1.29 is 9.21 Å². The van der Waals surface area contributed by atoms with E-state index in [0.717, 1.165) is 24.7 Å². The summed E-state index contributed by atoms with van der Waals surface area (Å²) in [6.45, 7) is 5.74. The van der Waals surface area contributed by atoms with Crippen molar-refractivity contribution in [2.24, 2.45) is 0 Å². The number of amides is 1. The minimum absolute atomic E-state index is 0.167. The standard InChI is InChI=1S/C16H19N3O2/c1-11-9-14(12(2)21-11)16(20)18-13-5-6-15(17-10-13)19-7-3-4-8-19/h5-6,9-10H,3-4,7-8H2,1-2H3,(H,18,20). The lowest BCUT2D eigenvalue weighted by molar-refractivity contribution is 0.102. The van der Waals surface area contributed by atoms with Gasteiger partial charge in [-0.1, -0.05) is 0 Å². The van der Waals surface area contributed by atoms with Crippen LogP contribution < -0.4 is 10.2 Å². The van der Waals surface area contributed by atoms with Gasteiger partial charge in [0.2, 0.25) is 0 Å². The highest BCUT2D eigenvalue weighted by molar-refractivity contribution is 6.05. The minimum atomic E-state index is -0.167. The number of furan rings is 1. The van der Waals surface area contributed by atoms with E-state index in [4.69, 9.17) is 4.42 Å². The fourth-order valence-corrected chi connectivity index (χ4v) is 2.65. The molecule has 1 fully saturated rings. The molecule has 0 atom stereocenters. The molecule has 0 bridgehead atoms. The van der Waals surface area contributed by atoms with E-state index in [1.165, 1.54) is 12.8 Å². The highest BCUT2D eigenvalue weighted by Crippen LogP contribution is 2.20. The van der Waals surface area contributed by atoms with Gasteiger partial charge < -0.3 is 14.6 Å². The predicted molar refractivity (Wildman–Crippen MR) is 81.8 cm³/mol. The topological polar surface area (TPSA) is 58.4 Å². The smallest absolute Gasteiger partial charge is 0.259 e. The predicted octanol–water partition coefficient (Wildman–Crippen LogP) is 3.14. The summed E-state index contributed by atoms with van der Waals surface area (Å²) in [5.41, 5.74) is 1.26. The molecule has 0 saturated carbocycles. The van der Waals surface area contributed by atoms with E-state index in [9.17, 15) is 4.79 Å². The highest BCUT2D eigenvalue weighted by Gasteiger charge is 2.15. The second-order valence-corrected chi connectivity index (χ2v) is 5.38. The number of aromatic nitrogens is 1. The molecule has 5 heteroatoms. The van der Waals surface area contributed by atoms with Gasteiger partial charge in [-0.15, -0.1) is 0 Å². The normalized spacial score (nSPS) is 14.5. The van der Waals surface area contributed by atoms with Crippen molar-refractivity contribution in [1.82, 2.24) is 4.98 Å². The van der Waals surface area contributed by atoms with E-state index >= 15 is 0 Å². The van der Waals surface area contributed by atoms with Gasteiger partial charge in [0.25, 0.3) is 5.91 Å². The zero-order valence-electron chi connectivity index (χ0n) is 12.3. The largest absolute Gasteiger partial charge is 0.466 e. The first-order chi connectivity index (χ1) is 10.1. The van der Waals surface area contributed by atoms with Crippen LogP contribution in [0.2, 0.25) is 0 Å². The first-order valence-electron chi connectivity index (χ1n) is 7.23. The number of nitrogens with zero attached hydrogens (tertiary/aromatic N) is 2. The van der Waals surface area contributed by atoms with Gasteiger partial charge in [-0.25, -0.2) is 4.98 Å². The number of hydrogen-bond donors (Lipinski definition) is 1. The number of rotatable bonds is 3. The Morgan fingerprint density at radius 1 is 1.29 bits per heavy atom. The second-order valence-electron chi connectivity index (χ2n) is 5.38. The molecule has 0 spiro atoms. The summed E-state index contributed by atoms with van der Waals surface area (Å²) in [4.78, 5) is 18.9. The van der Waals surface area contributed by atoms with Crippen LogP contribution in [0.1, 0.15) is 34.7 Å². The van der Waals surface area contributed by atoms with Crippen LogP contribution in [0.5, 0.6) is 0 Å². The Morgan fingerprint density at radius 2 is 2.05 bits per heavy atom. The molecule has 3 rings (SSSR count). The van der Waals surface area contributed by atoms with E-state index in [0.29, 0.717) is 17.0 Å². The Kier molecular flexibility index (Phi) is 3.64. The van der Waals surface area contributed by atoms with E-state index in [1.54, 1.807) is 19.2 Å². The van der Waals surface area contributed by atoms with E-state index in [2.05, 4.69) is 15.2 Å².